The summed E-state index contributed by atoms with van der Waals surface area (Å²) < 4.78 is 36.2. The maximum Gasteiger partial charge on any atom is 0.245 e. The van der Waals surface area contributed by atoms with Crippen LogP contribution in [0.4, 0.5) is 0 Å². The molecule has 0 atom stereocenters. The number of pyridine rings is 1. The first-order chi connectivity index (χ1) is 15.5. The summed E-state index contributed by atoms with van der Waals surface area (Å²) in [6, 6.07) is 21.2. The van der Waals surface area contributed by atoms with Crippen LogP contribution >= 0.6 is 0 Å². The summed E-state index contributed by atoms with van der Waals surface area (Å²) in [5, 5.41) is 0.794. The van der Waals surface area contributed by atoms with E-state index in [1.54, 1.807) is 31.5 Å². The van der Waals surface area contributed by atoms with Gasteiger partial charge >= 0.3 is 0 Å². The lowest BCUT2D eigenvalue weighted by Crippen LogP contribution is -2.34. The van der Waals surface area contributed by atoms with E-state index in [0.29, 0.717) is 18.7 Å². The second-order valence-electron chi connectivity index (χ2n) is 7.78. The van der Waals surface area contributed by atoms with Crippen molar-refractivity contribution in [1.29, 1.82) is 0 Å². The maximum absolute atomic E-state index is 13.7. The van der Waals surface area contributed by atoms with Crippen molar-refractivity contribution in [2.24, 2.45) is 0 Å². The second-order valence-corrected chi connectivity index (χ2v) is 9.68. The van der Waals surface area contributed by atoms with Gasteiger partial charge in [-0.05, 0) is 36.8 Å². The van der Waals surface area contributed by atoms with Gasteiger partial charge in [0.2, 0.25) is 10.0 Å². The first-order valence-corrected chi connectivity index (χ1v) is 12.0. The first-order valence-electron chi connectivity index (χ1n) is 10.5. The number of para-hydroxylation sites is 1. The number of aromatic nitrogens is 2. The molecule has 0 saturated heterocycles. The van der Waals surface area contributed by atoms with Gasteiger partial charge in [0.1, 0.15) is 4.90 Å². The zero-order valence-electron chi connectivity index (χ0n) is 18.3. The topological polar surface area (TPSA) is 64.4 Å². The highest BCUT2D eigenvalue weighted by atomic mass is 32.2. The molecule has 6 nitrogen and oxygen atoms in total. The molecule has 0 amide bonds. The minimum Gasteiger partial charge on any atom is -0.383 e. The number of benzene rings is 2. The van der Waals surface area contributed by atoms with E-state index in [1.165, 1.54) is 9.87 Å². The number of rotatable bonds is 9. The highest BCUT2D eigenvalue weighted by molar-refractivity contribution is 7.89. The summed E-state index contributed by atoms with van der Waals surface area (Å²) in [6.45, 7) is 3.53. The predicted molar refractivity (Wildman–Crippen MR) is 126 cm³/mol. The molecule has 0 radical (unpaired) electrons. The Hall–Kier alpha value is -3.00. The molecular weight excluding hydrogens is 422 g/mol. The number of nitrogens with zero attached hydrogens (tertiary/aromatic N) is 3. The molecule has 2 aromatic carbocycles. The molecule has 0 fully saturated rings. The lowest BCUT2D eigenvalue weighted by atomic mass is 10.1. The van der Waals surface area contributed by atoms with E-state index >= 15 is 0 Å². The van der Waals surface area contributed by atoms with Crippen molar-refractivity contribution in [3.05, 3.63) is 95.9 Å². The third-order valence-corrected chi connectivity index (χ3v) is 7.37. The Bertz CT molecular complexity index is 1290. The monoisotopic (exact) mass is 449 g/mol. The van der Waals surface area contributed by atoms with Crippen LogP contribution in [-0.2, 0) is 27.8 Å². The fraction of sp³-hybridized carbons (Fsp3) is 0.240. The summed E-state index contributed by atoms with van der Waals surface area (Å²) in [5.41, 5.74) is 3.77. The zero-order chi connectivity index (χ0) is 22.6. The zero-order valence-corrected chi connectivity index (χ0v) is 19.1. The van der Waals surface area contributed by atoms with E-state index < -0.39 is 10.0 Å². The van der Waals surface area contributed by atoms with Crippen molar-refractivity contribution in [3.8, 4) is 0 Å². The van der Waals surface area contributed by atoms with Crippen LogP contribution in [0.3, 0.4) is 0 Å². The number of hydrogen-bond acceptors (Lipinski definition) is 4. The third kappa shape index (κ3) is 4.75. The molecule has 2 aromatic heterocycles. The van der Waals surface area contributed by atoms with Gasteiger partial charge in [-0.3, -0.25) is 4.98 Å². The van der Waals surface area contributed by atoms with E-state index in [-0.39, 0.29) is 18.0 Å². The Morgan fingerprint density at radius 2 is 1.78 bits per heavy atom. The van der Waals surface area contributed by atoms with Gasteiger partial charge in [0.15, 0.2) is 0 Å². The second kappa shape index (κ2) is 9.65. The molecule has 0 spiro atoms. The first kappa shape index (κ1) is 22.2. The van der Waals surface area contributed by atoms with E-state index in [2.05, 4.69) is 40.7 Å². The molecule has 0 saturated carbocycles. The molecule has 0 aliphatic carbocycles. The smallest absolute Gasteiger partial charge is 0.245 e. The van der Waals surface area contributed by atoms with Crippen molar-refractivity contribution in [2.75, 3.05) is 20.3 Å². The molecule has 4 rings (SSSR count). The van der Waals surface area contributed by atoms with Gasteiger partial charge in [0.25, 0.3) is 0 Å². The van der Waals surface area contributed by atoms with Crippen molar-refractivity contribution in [3.63, 3.8) is 0 Å². The van der Waals surface area contributed by atoms with E-state index in [0.717, 1.165) is 16.6 Å². The molecule has 0 aliphatic rings. The molecular formula is C25H27N3O3S. The Balaban J connectivity index is 1.66. The van der Waals surface area contributed by atoms with Gasteiger partial charge in [0.05, 0.1) is 18.7 Å². The van der Waals surface area contributed by atoms with Crippen molar-refractivity contribution >= 4 is 20.9 Å². The quantitative estimate of drug-likeness (QED) is 0.384. The van der Waals surface area contributed by atoms with Crippen LogP contribution in [0.15, 0.2) is 84.0 Å². The predicted octanol–water partition coefficient (Wildman–Crippen LogP) is 4.23. The number of ether oxygens (including phenoxy) is 1. The largest absolute Gasteiger partial charge is 0.383 e. The minimum atomic E-state index is -3.79. The van der Waals surface area contributed by atoms with E-state index in [1.807, 2.05) is 30.5 Å². The number of fused-ring (bicyclic) bond motifs is 1. The summed E-state index contributed by atoms with van der Waals surface area (Å²) in [7, 11) is -2.22. The van der Waals surface area contributed by atoms with Gasteiger partial charge < -0.3 is 9.30 Å². The summed E-state index contributed by atoms with van der Waals surface area (Å²) in [6.07, 6.45) is 3.60. The summed E-state index contributed by atoms with van der Waals surface area (Å²) >= 11 is 0. The van der Waals surface area contributed by atoms with Crippen LogP contribution in [0.2, 0.25) is 0 Å². The van der Waals surface area contributed by atoms with E-state index in [4.69, 9.17) is 4.74 Å². The average molecular weight is 450 g/mol. The maximum atomic E-state index is 13.7. The van der Waals surface area contributed by atoms with Gasteiger partial charge in [-0.25, -0.2) is 8.42 Å². The highest BCUT2D eigenvalue weighted by Crippen LogP contribution is 2.25. The van der Waals surface area contributed by atoms with Crippen molar-refractivity contribution < 1.29 is 13.2 Å². The molecule has 0 N–H and O–H groups in total. The number of aryl methyl sites for hydroxylation is 1. The standard InChI is InChI=1S/C25H27N3O3S/c1-20-10-12-21(13-11-20)18-27-15-5-8-23(27)19-28(16-17-31-2)32(29,30)24-9-3-6-22-7-4-14-26-25(22)24/h3-15H,16-19H2,1-2H3. The van der Waals surface area contributed by atoms with Gasteiger partial charge in [-0.2, -0.15) is 4.31 Å². The Morgan fingerprint density at radius 1 is 1.00 bits per heavy atom. The van der Waals surface area contributed by atoms with Crippen LogP contribution in [0.1, 0.15) is 16.8 Å². The molecule has 0 bridgehead atoms. The minimum absolute atomic E-state index is 0.211. The van der Waals surface area contributed by atoms with Crippen LogP contribution in [0.5, 0.6) is 0 Å². The Labute approximate surface area is 189 Å². The third-order valence-electron chi connectivity index (χ3n) is 5.49. The molecule has 0 aliphatic heterocycles. The van der Waals surface area contributed by atoms with Gasteiger partial charge in [-0.1, -0.05) is 48.0 Å². The summed E-state index contributed by atoms with van der Waals surface area (Å²) in [5.74, 6) is 0. The normalized spacial score (nSPS) is 12.0. The van der Waals surface area contributed by atoms with Crippen LogP contribution < -0.4 is 0 Å². The molecule has 0 unspecified atom stereocenters. The Morgan fingerprint density at radius 3 is 2.56 bits per heavy atom. The molecule has 32 heavy (non-hydrogen) atoms. The molecule has 7 heteroatoms. The molecule has 2 heterocycles. The van der Waals surface area contributed by atoms with Gasteiger partial charge in [0, 0.05) is 43.7 Å². The SMILES string of the molecule is COCCN(Cc1cccn1Cc1ccc(C)cc1)S(=O)(=O)c1cccc2cccnc12. The van der Waals surface area contributed by atoms with Crippen LogP contribution in [0.25, 0.3) is 10.9 Å². The van der Waals surface area contributed by atoms with Crippen LogP contribution in [0, 0.1) is 6.92 Å². The van der Waals surface area contributed by atoms with E-state index in [9.17, 15) is 8.42 Å². The molecule has 166 valence electrons. The summed E-state index contributed by atoms with van der Waals surface area (Å²) in [4.78, 5) is 4.56. The highest BCUT2D eigenvalue weighted by Gasteiger charge is 2.27. The Kier molecular flexibility index (Phi) is 6.69. The number of hydrogen-bond donors (Lipinski definition) is 0. The number of methoxy groups -OCH3 is 1. The van der Waals surface area contributed by atoms with Crippen molar-refractivity contribution in [2.45, 2.75) is 24.9 Å². The molecule has 4 aromatic rings. The van der Waals surface area contributed by atoms with Crippen LogP contribution in [-0.4, -0.2) is 42.5 Å². The lowest BCUT2D eigenvalue weighted by molar-refractivity contribution is 0.177. The fourth-order valence-electron chi connectivity index (χ4n) is 3.72. The van der Waals surface area contributed by atoms with Gasteiger partial charge in [-0.15, -0.1) is 0 Å². The lowest BCUT2D eigenvalue weighted by Gasteiger charge is -2.23. The number of sulfonamides is 1. The van der Waals surface area contributed by atoms with Crippen molar-refractivity contribution in [1.82, 2.24) is 13.9 Å². The fourth-order valence-corrected chi connectivity index (χ4v) is 5.28. The average Bonchev–Trinajstić information content (AvgIpc) is 3.24.